The quantitative estimate of drug-likeness (QED) is 0.612. The Bertz CT molecular complexity index is 501. The number of nitrogens with one attached hydrogen (secondary N) is 2. The molecule has 8 heteroatoms. The standard InChI is InChI=1S/C9H13ClN6O/c1-16(17-2)4-3-11-7-6-8(13-5-12-6)15-9(10)14-7/h5H,3-4H2,1-2H3,(H2,11,12,13,14,15). The number of likely N-dealkylation sites (N-methyl/N-ethyl adjacent to an activating group) is 1. The van der Waals surface area contributed by atoms with Gasteiger partial charge in [-0.05, 0) is 11.6 Å². The Labute approximate surface area is 103 Å². The Morgan fingerprint density at radius 2 is 2.35 bits per heavy atom. The summed E-state index contributed by atoms with van der Waals surface area (Å²) in [6, 6.07) is 0. The van der Waals surface area contributed by atoms with Crippen molar-refractivity contribution in [2.45, 2.75) is 0 Å². The lowest BCUT2D eigenvalue weighted by Crippen LogP contribution is -2.24. The van der Waals surface area contributed by atoms with Crippen LogP contribution in [0.4, 0.5) is 5.82 Å². The van der Waals surface area contributed by atoms with E-state index in [-0.39, 0.29) is 5.28 Å². The highest BCUT2D eigenvalue weighted by Crippen LogP contribution is 2.17. The fraction of sp³-hybridized carbons (Fsp3) is 0.444. The third-order valence-corrected chi connectivity index (χ3v) is 2.46. The summed E-state index contributed by atoms with van der Waals surface area (Å²) in [6.45, 7) is 1.39. The molecule has 0 spiro atoms. The van der Waals surface area contributed by atoms with E-state index in [1.807, 2.05) is 7.05 Å². The van der Waals surface area contributed by atoms with Crippen molar-refractivity contribution >= 4 is 28.6 Å². The molecule has 7 nitrogen and oxygen atoms in total. The second-order valence-corrected chi connectivity index (χ2v) is 3.74. The summed E-state index contributed by atoms with van der Waals surface area (Å²) in [7, 11) is 3.47. The van der Waals surface area contributed by atoms with Crippen LogP contribution in [0.15, 0.2) is 6.33 Å². The molecule has 0 aliphatic carbocycles. The molecular weight excluding hydrogens is 244 g/mol. The van der Waals surface area contributed by atoms with Gasteiger partial charge in [-0.3, -0.25) is 0 Å². The van der Waals surface area contributed by atoms with Crippen molar-refractivity contribution < 1.29 is 4.84 Å². The number of aromatic nitrogens is 4. The smallest absolute Gasteiger partial charge is 0.226 e. The van der Waals surface area contributed by atoms with E-state index >= 15 is 0 Å². The normalized spacial score (nSPS) is 11.3. The van der Waals surface area contributed by atoms with Gasteiger partial charge >= 0.3 is 0 Å². The number of imidazole rings is 1. The first-order valence-corrected chi connectivity index (χ1v) is 5.44. The minimum atomic E-state index is 0.173. The maximum atomic E-state index is 5.80. The third-order valence-electron chi connectivity index (χ3n) is 2.29. The molecule has 0 amide bonds. The summed E-state index contributed by atoms with van der Waals surface area (Å²) in [5.74, 6) is 0.641. The van der Waals surface area contributed by atoms with Gasteiger partial charge in [-0.1, -0.05) is 0 Å². The summed E-state index contributed by atoms with van der Waals surface area (Å²) in [5, 5.41) is 5.03. The van der Waals surface area contributed by atoms with Crippen LogP contribution in [0.5, 0.6) is 0 Å². The molecule has 0 radical (unpaired) electrons. The molecule has 17 heavy (non-hydrogen) atoms. The van der Waals surface area contributed by atoms with Crippen molar-refractivity contribution in [1.82, 2.24) is 25.0 Å². The van der Waals surface area contributed by atoms with Gasteiger partial charge in [0.25, 0.3) is 0 Å². The number of hydroxylamine groups is 2. The van der Waals surface area contributed by atoms with E-state index in [0.29, 0.717) is 24.6 Å². The SMILES string of the molecule is CON(C)CCNc1nc(Cl)nc2nc[nH]c12. The zero-order chi connectivity index (χ0) is 12.3. The maximum absolute atomic E-state index is 5.80. The van der Waals surface area contributed by atoms with Crippen molar-refractivity contribution in [2.24, 2.45) is 0 Å². The van der Waals surface area contributed by atoms with Gasteiger partial charge < -0.3 is 15.1 Å². The summed E-state index contributed by atoms with van der Waals surface area (Å²) < 4.78 is 0. The van der Waals surface area contributed by atoms with Crippen LogP contribution in [0.3, 0.4) is 0 Å². The fourth-order valence-electron chi connectivity index (χ4n) is 1.36. The summed E-state index contributed by atoms with van der Waals surface area (Å²) in [4.78, 5) is 20.1. The molecule has 92 valence electrons. The van der Waals surface area contributed by atoms with E-state index in [9.17, 15) is 0 Å². The highest BCUT2D eigenvalue weighted by atomic mass is 35.5. The van der Waals surface area contributed by atoms with Crippen LogP contribution in [-0.2, 0) is 4.84 Å². The number of hydrogen-bond acceptors (Lipinski definition) is 6. The van der Waals surface area contributed by atoms with Gasteiger partial charge in [0.05, 0.1) is 13.4 Å². The monoisotopic (exact) mass is 256 g/mol. The van der Waals surface area contributed by atoms with Crippen molar-refractivity contribution in [3.63, 3.8) is 0 Å². The van der Waals surface area contributed by atoms with E-state index in [1.54, 1.807) is 18.5 Å². The molecule has 0 saturated heterocycles. The van der Waals surface area contributed by atoms with Crippen LogP contribution >= 0.6 is 11.6 Å². The van der Waals surface area contributed by atoms with E-state index < -0.39 is 0 Å². The highest BCUT2D eigenvalue weighted by molar-refractivity contribution is 6.28. The predicted molar refractivity (Wildman–Crippen MR) is 64.8 cm³/mol. The van der Waals surface area contributed by atoms with Gasteiger partial charge in [-0.2, -0.15) is 15.0 Å². The average Bonchev–Trinajstić information content (AvgIpc) is 2.76. The van der Waals surface area contributed by atoms with Gasteiger partial charge in [0.2, 0.25) is 5.28 Å². The molecule has 0 aromatic carbocycles. The number of aromatic amines is 1. The fourth-order valence-corrected chi connectivity index (χ4v) is 1.52. The Morgan fingerprint density at radius 1 is 1.53 bits per heavy atom. The number of hydrogen-bond donors (Lipinski definition) is 2. The number of fused-ring (bicyclic) bond motifs is 1. The number of H-pyrrole nitrogens is 1. The predicted octanol–water partition coefficient (Wildman–Crippen LogP) is 0.911. The van der Waals surface area contributed by atoms with Crippen LogP contribution < -0.4 is 5.32 Å². The van der Waals surface area contributed by atoms with Gasteiger partial charge in [-0.15, -0.1) is 0 Å². The molecule has 0 fully saturated rings. The molecule has 0 unspecified atom stereocenters. The van der Waals surface area contributed by atoms with Gasteiger partial charge in [0.15, 0.2) is 11.5 Å². The zero-order valence-corrected chi connectivity index (χ0v) is 10.3. The number of halogens is 1. The van der Waals surface area contributed by atoms with Crippen molar-refractivity contribution in [1.29, 1.82) is 0 Å². The van der Waals surface area contributed by atoms with Crippen LogP contribution in [0, 0.1) is 0 Å². The molecule has 2 aromatic rings. The number of nitrogens with zero attached hydrogens (tertiary/aromatic N) is 4. The molecule has 0 atom stereocenters. The van der Waals surface area contributed by atoms with Gasteiger partial charge in [-0.25, -0.2) is 4.98 Å². The largest absolute Gasteiger partial charge is 0.367 e. The Balaban J connectivity index is 2.09. The minimum absolute atomic E-state index is 0.173. The Hall–Kier alpha value is -1.44. The molecule has 2 N–H and O–H groups in total. The third kappa shape index (κ3) is 2.82. The van der Waals surface area contributed by atoms with Crippen LogP contribution in [0.2, 0.25) is 5.28 Å². The number of rotatable bonds is 5. The lowest BCUT2D eigenvalue weighted by molar-refractivity contribution is -0.105. The summed E-state index contributed by atoms with van der Waals surface area (Å²) >= 11 is 5.80. The molecule has 2 heterocycles. The first-order valence-electron chi connectivity index (χ1n) is 5.06. The Morgan fingerprint density at radius 3 is 3.12 bits per heavy atom. The Kier molecular flexibility index (Phi) is 3.72. The first kappa shape index (κ1) is 12.0. The molecule has 0 saturated carbocycles. The zero-order valence-electron chi connectivity index (χ0n) is 9.57. The van der Waals surface area contributed by atoms with Gasteiger partial charge in [0.1, 0.15) is 5.52 Å². The molecule has 0 aliphatic heterocycles. The van der Waals surface area contributed by atoms with Crippen molar-refractivity contribution in [2.75, 3.05) is 32.6 Å². The van der Waals surface area contributed by atoms with Crippen LogP contribution in [0.25, 0.3) is 11.2 Å². The summed E-state index contributed by atoms with van der Waals surface area (Å²) in [6.07, 6.45) is 1.56. The first-order chi connectivity index (χ1) is 8.20. The van der Waals surface area contributed by atoms with Gasteiger partial charge in [0, 0.05) is 20.1 Å². The lowest BCUT2D eigenvalue weighted by atomic mass is 10.5. The molecule has 2 aromatic heterocycles. The highest BCUT2D eigenvalue weighted by Gasteiger charge is 2.08. The van der Waals surface area contributed by atoms with E-state index in [2.05, 4.69) is 25.3 Å². The second-order valence-electron chi connectivity index (χ2n) is 3.40. The van der Waals surface area contributed by atoms with E-state index in [4.69, 9.17) is 16.4 Å². The molecule has 0 aliphatic rings. The van der Waals surface area contributed by atoms with E-state index in [1.165, 1.54) is 0 Å². The lowest BCUT2D eigenvalue weighted by Gasteiger charge is -2.13. The molecular formula is C9H13ClN6O. The minimum Gasteiger partial charge on any atom is -0.367 e. The van der Waals surface area contributed by atoms with Crippen molar-refractivity contribution in [3.05, 3.63) is 11.6 Å². The van der Waals surface area contributed by atoms with Crippen molar-refractivity contribution in [3.8, 4) is 0 Å². The molecule has 0 bridgehead atoms. The average molecular weight is 257 g/mol. The van der Waals surface area contributed by atoms with Crippen LogP contribution in [-0.4, -0.2) is 52.2 Å². The summed E-state index contributed by atoms with van der Waals surface area (Å²) in [5.41, 5.74) is 1.29. The maximum Gasteiger partial charge on any atom is 0.226 e. The number of anilines is 1. The van der Waals surface area contributed by atoms with Crippen LogP contribution in [0.1, 0.15) is 0 Å². The molecule has 2 rings (SSSR count). The second kappa shape index (κ2) is 5.26. The topological polar surface area (TPSA) is 79.0 Å². The van der Waals surface area contributed by atoms with E-state index in [0.717, 1.165) is 5.52 Å².